The third kappa shape index (κ3) is 3.44. The van der Waals surface area contributed by atoms with Crippen LogP contribution in [0.4, 0.5) is 0 Å². The molecule has 3 aromatic rings. The predicted octanol–water partition coefficient (Wildman–Crippen LogP) is 0.547. The molecule has 1 aliphatic heterocycles. The van der Waals surface area contributed by atoms with Gasteiger partial charge in [-0.05, 0) is 40.5 Å². The van der Waals surface area contributed by atoms with Crippen molar-refractivity contribution in [3.05, 3.63) is 41.2 Å². The molecule has 2 N–H and O–H groups in total. The van der Waals surface area contributed by atoms with Gasteiger partial charge >= 0.3 is 0 Å². The van der Waals surface area contributed by atoms with Crippen LogP contribution in [0, 0.1) is 0 Å². The van der Waals surface area contributed by atoms with Crippen molar-refractivity contribution in [2.24, 2.45) is 0 Å². The number of benzene rings is 1. The van der Waals surface area contributed by atoms with Crippen molar-refractivity contribution in [2.45, 2.75) is 26.1 Å². The van der Waals surface area contributed by atoms with E-state index >= 15 is 0 Å². The molecular weight excluding hydrogens is 336 g/mol. The zero-order valence-electron chi connectivity index (χ0n) is 14.3. The number of hydrogen-bond donors (Lipinski definition) is 2. The first-order chi connectivity index (χ1) is 12.7. The minimum Gasteiger partial charge on any atom is -0.395 e. The number of carbonyl (C=O) groups is 1. The van der Waals surface area contributed by atoms with Gasteiger partial charge in [0.05, 0.1) is 12.3 Å². The molecule has 2 aromatic heterocycles. The highest BCUT2D eigenvalue weighted by Gasteiger charge is 2.19. The largest absolute Gasteiger partial charge is 0.395 e. The van der Waals surface area contributed by atoms with Gasteiger partial charge in [-0.25, -0.2) is 4.63 Å². The summed E-state index contributed by atoms with van der Waals surface area (Å²) in [7, 11) is 0. The molecule has 0 radical (unpaired) electrons. The Morgan fingerprint density at radius 3 is 3.00 bits per heavy atom. The summed E-state index contributed by atoms with van der Waals surface area (Å²) in [4.78, 5) is 14.4. The van der Waals surface area contributed by atoms with E-state index in [0.717, 1.165) is 54.9 Å². The lowest BCUT2D eigenvalue weighted by Crippen LogP contribution is -2.27. The van der Waals surface area contributed by atoms with Crippen LogP contribution in [0.5, 0.6) is 0 Å². The fourth-order valence-corrected chi connectivity index (χ4v) is 3.22. The number of rotatable bonds is 5. The molecule has 26 heavy (non-hydrogen) atoms. The van der Waals surface area contributed by atoms with E-state index in [4.69, 9.17) is 9.74 Å². The molecule has 9 heteroatoms. The maximum atomic E-state index is 12.0. The van der Waals surface area contributed by atoms with E-state index in [2.05, 4.69) is 25.6 Å². The summed E-state index contributed by atoms with van der Waals surface area (Å²) in [6, 6.07) is 7.76. The molecule has 0 spiro atoms. The molecule has 0 bridgehead atoms. The molecule has 9 nitrogen and oxygen atoms in total. The lowest BCUT2D eigenvalue weighted by Gasteiger charge is -2.19. The van der Waals surface area contributed by atoms with Crippen molar-refractivity contribution in [2.75, 3.05) is 19.7 Å². The zero-order chi connectivity index (χ0) is 17.9. The highest BCUT2D eigenvalue weighted by molar-refractivity contribution is 5.92. The number of aliphatic hydroxyl groups is 1. The molecule has 0 saturated carbocycles. The molecule has 0 saturated heterocycles. The average Bonchev–Trinajstić information content (AvgIpc) is 3.22. The number of aliphatic hydroxyl groups excluding tert-OH is 1. The molecule has 0 aliphatic carbocycles. The summed E-state index contributed by atoms with van der Waals surface area (Å²) in [5, 5.41) is 23.6. The summed E-state index contributed by atoms with van der Waals surface area (Å²) in [6.07, 6.45) is 0.958. The number of aromatic nitrogens is 4. The number of carbonyl (C=O) groups excluding carboxylic acids is 1. The Morgan fingerprint density at radius 1 is 1.23 bits per heavy atom. The van der Waals surface area contributed by atoms with Crippen LogP contribution in [0.1, 0.15) is 28.2 Å². The Labute approximate surface area is 149 Å². The second kappa shape index (κ2) is 7.22. The molecular formula is C17H20N6O3. The van der Waals surface area contributed by atoms with Gasteiger partial charge in [-0.1, -0.05) is 6.07 Å². The molecule has 1 aliphatic rings. The summed E-state index contributed by atoms with van der Waals surface area (Å²) >= 11 is 0. The minimum atomic E-state index is -0.254. The standard InChI is InChI=1S/C17H20N6O3/c24-7-4-18-17(25)16-9-13-11-22(5-1-6-23(13)19-16)10-12-2-3-14-15(8-12)21-26-20-14/h2-3,8-9,24H,1,4-7,10-11H2,(H,18,25). The molecule has 0 fully saturated rings. The number of amides is 1. The third-order valence-electron chi connectivity index (χ3n) is 4.45. The molecule has 0 unspecified atom stereocenters. The van der Waals surface area contributed by atoms with Crippen molar-refractivity contribution < 1.29 is 14.5 Å². The van der Waals surface area contributed by atoms with E-state index in [0.29, 0.717) is 5.69 Å². The Kier molecular flexibility index (Phi) is 4.63. The quantitative estimate of drug-likeness (QED) is 0.687. The third-order valence-corrected chi connectivity index (χ3v) is 4.45. The van der Waals surface area contributed by atoms with Crippen molar-refractivity contribution in [1.82, 2.24) is 30.3 Å². The first-order valence-corrected chi connectivity index (χ1v) is 8.62. The highest BCUT2D eigenvalue weighted by Crippen LogP contribution is 2.18. The van der Waals surface area contributed by atoms with Gasteiger partial charge in [0, 0.05) is 32.7 Å². The summed E-state index contributed by atoms with van der Waals surface area (Å²) < 4.78 is 6.65. The van der Waals surface area contributed by atoms with E-state index in [-0.39, 0.29) is 19.1 Å². The summed E-state index contributed by atoms with van der Waals surface area (Å²) in [5.74, 6) is -0.254. The Hall–Kier alpha value is -2.78. The van der Waals surface area contributed by atoms with Crippen LogP contribution in [-0.2, 0) is 19.6 Å². The van der Waals surface area contributed by atoms with Crippen LogP contribution in [0.25, 0.3) is 11.0 Å². The Bertz CT molecular complexity index is 918. The molecule has 3 heterocycles. The van der Waals surface area contributed by atoms with Gasteiger partial charge in [-0.15, -0.1) is 0 Å². The van der Waals surface area contributed by atoms with Gasteiger partial charge in [0.15, 0.2) is 0 Å². The lowest BCUT2D eigenvalue weighted by molar-refractivity contribution is 0.0939. The van der Waals surface area contributed by atoms with Crippen LogP contribution in [0.3, 0.4) is 0 Å². The van der Waals surface area contributed by atoms with Crippen LogP contribution >= 0.6 is 0 Å². The van der Waals surface area contributed by atoms with Crippen molar-refractivity contribution in [3.8, 4) is 0 Å². The number of hydrogen-bond acceptors (Lipinski definition) is 7. The Morgan fingerprint density at radius 2 is 2.12 bits per heavy atom. The Balaban J connectivity index is 1.48. The number of fused-ring (bicyclic) bond motifs is 2. The van der Waals surface area contributed by atoms with E-state index in [1.807, 2.05) is 28.9 Å². The summed E-state index contributed by atoms with van der Waals surface area (Å²) in [6.45, 7) is 3.37. The van der Waals surface area contributed by atoms with Crippen molar-refractivity contribution >= 4 is 16.9 Å². The highest BCUT2D eigenvalue weighted by atomic mass is 16.6. The first kappa shape index (κ1) is 16.7. The van der Waals surface area contributed by atoms with Crippen molar-refractivity contribution in [3.63, 3.8) is 0 Å². The number of aryl methyl sites for hydroxylation is 1. The number of nitrogens with one attached hydrogen (secondary N) is 1. The van der Waals surface area contributed by atoms with Gasteiger partial charge in [-0.3, -0.25) is 14.4 Å². The maximum Gasteiger partial charge on any atom is 0.271 e. The van der Waals surface area contributed by atoms with E-state index < -0.39 is 0 Å². The van der Waals surface area contributed by atoms with Gasteiger partial charge in [0.2, 0.25) is 0 Å². The van der Waals surface area contributed by atoms with Gasteiger partial charge in [0.1, 0.15) is 16.7 Å². The fourth-order valence-electron chi connectivity index (χ4n) is 3.22. The fraction of sp³-hybridized carbons (Fsp3) is 0.412. The zero-order valence-corrected chi connectivity index (χ0v) is 14.3. The van der Waals surface area contributed by atoms with Crippen molar-refractivity contribution in [1.29, 1.82) is 0 Å². The van der Waals surface area contributed by atoms with Crippen LogP contribution in [-0.4, -0.2) is 55.7 Å². The van der Waals surface area contributed by atoms with E-state index in [9.17, 15) is 4.79 Å². The van der Waals surface area contributed by atoms with Crippen LogP contribution in [0.15, 0.2) is 28.9 Å². The van der Waals surface area contributed by atoms with Crippen LogP contribution < -0.4 is 5.32 Å². The monoisotopic (exact) mass is 356 g/mol. The van der Waals surface area contributed by atoms with Crippen LogP contribution in [0.2, 0.25) is 0 Å². The van der Waals surface area contributed by atoms with Gasteiger partial charge < -0.3 is 10.4 Å². The second-order valence-electron chi connectivity index (χ2n) is 6.38. The average molecular weight is 356 g/mol. The van der Waals surface area contributed by atoms with Gasteiger partial charge in [0.25, 0.3) is 5.91 Å². The molecule has 4 rings (SSSR count). The first-order valence-electron chi connectivity index (χ1n) is 8.62. The maximum absolute atomic E-state index is 12.0. The lowest BCUT2D eigenvalue weighted by atomic mass is 10.2. The number of nitrogens with zero attached hydrogens (tertiary/aromatic N) is 5. The van der Waals surface area contributed by atoms with Gasteiger partial charge in [-0.2, -0.15) is 5.10 Å². The van der Waals surface area contributed by atoms with E-state index in [1.54, 1.807) is 0 Å². The molecule has 0 atom stereocenters. The summed E-state index contributed by atoms with van der Waals surface area (Å²) in [5.41, 5.74) is 4.06. The smallest absolute Gasteiger partial charge is 0.271 e. The molecule has 1 aromatic carbocycles. The topological polar surface area (TPSA) is 109 Å². The normalized spacial score (nSPS) is 15.0. The predicted molar refractivity (Wildman–Crippen MR) is 92.2 cm³/mol. The SMILES string of the molecule is O=C(NCCO)c1cc2n(n1)CCCN(Cc1ccc3nonc3c1)C2. The van der Waals surface area contributed by atoms with E-state index in [1.165, 1.54) is 0 Å². The molecule has 1 amide bonds. The second-order valence-corrected chi connectivity index (χ2v) is 6.38. The molecule has 136 valence electrons. The minimum absolute atomic E-state index is 0.0849.